The third-order valence-electron chi connectivity index (χ3n) is 4.24. The monoisotopic (exact) mass is 300 g/mol. The van der Waals surface area contributed by atoms with Gasteiger partial charge < -0.3 is 14.4 Å². The topological polar surface area (TPSA) is 83.6 Å². The molecule has 6 heteroatoms. The first-order valence-electron chi connectivity index (χ1n) is 7.03. The maximum absolute atomic E-state index is 12.5. The number of rotatable bonds is 3. The summed E-state index contributed by atoms with van der Waals surface area (Å²) < 4.78 is 5.05. The molecule has 2 aromatic rings. The van der Waals surface area contributed by atoms with Gasteiger partial charge in [0.25, 0.3) is 5.91 Å². The number of carbonyl (C=O) groups is 2. The molecule has 22 heavy (non-hydrogen) atoms. The highest BCUT2D eigenvalue weighted by molar-refractivity contribution is 5.94. The van der Waals surface area contributed by atoms with Gasteiger partial charge in [-0.2, -0.15) is 0 Å². The summed E-state index contributed by atoms with van der Waals surface area (Å²) in [6.07, 6.45) is 1.61. The number of aryl methyl sites for hydroxylation is 1. The zero-order chi connectivity index (χ0) is 15.7. The number of aliphatic carboxylic acids is 1. The highest BCUT2D eigenvalue weighted by atomic mass is 16.4. The van der Waals surface area contributed by atoms with Crippen molar-refractivity contribution < 1.29 is 19.1 Å². The van der Waals surface area contributed by atoms with Crippen LogP contribution in [0.4, 0.5) is 0 Å². The lowest BCUT2D eigenvalue weighted by molar-refractivity contribution is -0.143. The van der Waals surface area contributed by atoms with E-state index in [0.29, 0.717) is 18.7 Å². The molecule has 1 fully saturated rings. The minimum atomic E-state index is -1.06. The SMILES string of the molecule is Cc1ocnc1C(=O)N1CCC(C(=O)O)(c2ccccc2)C1. The number of hydrogen-bond donors (Lipinski definition) is 1. The lowest BCUT2D eigenvalue weighted by Gasteiger charge is -2.25. The van der Waals surface area contributed by atoms with Gasteiger partial charge >= 0.3 is 5.97 Å². The Bertz CT molecular complexity index is 710. The van der Waals surface area contributed by atoms with Gasteiger partial charge in [-0.25, -0.2) is 4.98 Å². The second kappa shape index (κ2) is 5.29. The molecule has 1 aromatic heterocycles. The maximum atomic E-state index is 12.5. The quantitative estimate of drug-likeness (QED) is 0.935. The molecule has 0 aliphatic carbocycles. The molecular weight excluding hydrogens is 284 g/mol. The van der Waals surface area contributed by atoms with E-state index in [2.05, 4.69) is 4.98 Å². The summed E-state index contributed by atoms with van der Waals surface area (Å²) in [5, 5.41) is 9.73. The fraction of sp³-hybridized carbons (Fsp3) is 0.312. The second-order valence-corrected chi connectivity index (χ2v) is 5.49. The van der Waals surface area contributed by atoms with Crippen LogP contribution in [0.2, 0.25) is 0 Å². The minimum absolute atomic E-state index is 0.136. The van der Waals surface area contributed by atoms with Crippen molar-refractivity contribution in [3.63, 3.8) is 0 Å². The van der Waals surface area contributed by atoms with E-state index in [1.165, 1.54) is 11.3 Å². The third-order valence-corrected chi connectivity index (χ3v) is 4.24. The normalized spacial score (nSPS) is 21.0. The number of likely N-dealkylation sites (tertiary alicyclic amines) is 1. The van der Waals surface area contributed by atoms with Crippen molar-refractivity contribution in [1.29, 1.82) is 0 Å². The molecular formula is C16H16N2O4. The van der Waals surface area contributed by atoms with Crippen LogP contribution < -0.4 is 0 Å². The van der Waals surface area contributed by atoms with Gasteiger partial charge in [-0.05, 0) is 18.9 Å². The van der Waals surface area contributed by atoms with Crippen molar-refractivity contribution in [2.75, 3.05) is 13.1 Å². The van der Waals surface area contributed by atoms with Gasteiger partial charge in [0.05, 0.1) is 0 Å². The average Bonchev–Trinajstić information content (AvgIpc) is 3.15. The van der Waals surface area contributed by atoms with Gasteiger partial charge in [-0.3, -0.25) is 9.59 Å². The standard InChI is InChI=1S/C16H16N2O4/c1-11-13(17-10-22-11)14(19)18-8-7-16(9-18,15(20)21)12-5-3-2-4-6-12/h2-6,10H,7-9H2,1H3,(H,20,21). The summed E-state index contributed by atoms with van der Waals surface area (Å²) in [7, 11) is 0. The lowest BCUT2D eigenvalue weighted by atomic mass is 9.80. The number of carbonyl (C=O) groups excluding carboxylic acids is 1. The summed E-state index contributed by atoms with van der Waals surface area (Å²) >= 11 is 0. The highest BCUT2D eigenvalue weighted by Crippen LogP contribution is 2.35. The smallest absolute Gasteiger partial charge is 0.316 e. The van der Waals surface area contributed by atoms with Gasteiger partial charge in [-0.1, -0.05) is 30.3 Å². The van der Waals surface area contributed by atoms with Crippen LogP contribution in [0.3, 0.4) is 0 Å². The first-order valence-corrected chi connectivity index (χ1v) is 7.03. The van der Waals surface area contributed by atoms with Gasteiger partial charge in [0, 0.05) is 13.1 Å². The molecule has 1 aliphatic heterocycles. The minimum Gasteiger partial charge on any atom is -0.481 e. The molecule has 0 spiro atoms. The Morgan fingerprint density at radius 1 is 1.32 bits per heavy atom. The van der Waals surface area contributed by atoms with Gasteiger partial charge in [-0.15, -0.1) is 0 Å². The van der Waals surface area contributed by atoms with Crippen LogP contribution in [0.5, 0.6) is 0 Å². The van der Waals surface area contributed by atoms with Crippen LogP contribution in [0.25, 0.3) is 0 Å². The zero-order valence-corrected chi connectivity index (χ0v) is 12.2. The third kappa shape index (κ3) is 2.16. The molecule has 114 valence electrons. The maximum Gasteiger partial charge on any atom is 0.316 e. The molecule has 1 N–H and O–H groups in total. The molecule has 2 heterocycles. The van der Waals surface area contributed by atoms with Crippen molar-refractivity contribution in [1.82, 2.24) is 9.88 Å². The molecule has 1 saturated heterocycles. The van der Waals surface area contributed by atoms with E-state index in [0.717, 1.165) is 5.56 Å². The van der Waals surface area contributed by atoms with Crippen LogP contribution in [0.1, 0.15) is 28.2 Å². The van der Waals surface area contributed by atoms with Crippen molar-refractivity contribution in [3.05, 3.63) is 53.7 Å². The number of carboxylic acids is 1. The zero-order valence-electron chi connectivity index (χ0n) is 12.2. The summed E-state index contributed by atoms with van der Waals surface area (Å²) in [5.74, 6) is -0.756. The van der Waals surface area contributed by atoms with Crippen LogP contribution in [0.15, 0.2) is 41.1 Å². The first kappa shape index (κ1) is 14.3. The number of nitrogens with zero attached hydrogens (tertiary/aromatic N) is 2. The average molecular weight is 300 g/mol. The first-order chi connectivity index (χ1) is 10.5. The summed E-state index contributed by atoms with van der Waals surface area (Å²) in [6.45, 7) is 2.18. The number of benzene rings is 1. The second-order valence-electron chi connectivity index (χ2n) is 5.49. The van der Waals surface area contributed by atoms with E-state index >= 15 is 0 Å². The predicted molar refractivity (Wildman–Crippen MR) is 77.5 cm³/mol. The Kier molecular flexibility index (Phi) is 3.44. The molecule has 1 aliphatic rings. The van der Waals surface area contributed by atoms with E-state index in [1.807, 2.05) is 18.2 Å². The number of oxazole rings is 1. The summed E-state index contributed by atoms with van der Waals surface area (Å²) in [4.78, 5) is 29.8. The number of hydrogen-bond acceptors (Lipinski definition) is 4. The molecule has 6 nitrogen and oxygen atoms in total. The van der Waals surface area contributed by atoms with Gasteiger partial charge in [0.1, 0.15) is 11.2 Å². The summed E-state index contributed by atoms with van der Waals surface area (Å²) in [5.41, 5.74) is -0.0990. The Labute approximate surface area is 127 Å². The molecule has 0 radical (unpaired) electrons. The summed E-state index contributed by atoms with van der Waals surface area (Å²) in [6, 6.07) is 9.06. The van der Waals surface area contributed by atoms with Gasteiger partial charge in [0.15, 0.2) is 12.1 Å². The lowest BCUT2D eigenvalue weighted by Crippen LogP contribution is -2.40. The fourth-order valence-corrected chi connectivity index (χ4v) is 2.93. The van der Waals surface area contributed by atoms with E-state index < -0.39 is 11.4 Å². The van der Waals surface area contributed by atoms with Crippen LogP contribution in [0, 0.1) is 6.92 Å². The molecule has 1 unspecified atom stereocenters. The number of carboxylic acid groups (broad SMARTS) is 1. The van der Waals surface area contributed by atoms with E-state index in [4.69, 9.17) is 4.42 Å². The molecule has 1 atom stereocenters. The molecule has 0 saturated carbocycles. The van der Waals surface area contributed by atoms with Crippen molar-refractivity contribution in [2.45, 2.75) is 18.8 Å². The van der Waals surface area contributed by atoms with Crippen LogP contribution in [-0.2, 0) is 10.2 Å². The molecule has 1 amide bonds. The largest absolute Gasteiger partial charge is 0.481 e. The molecule has 0 bridgehead atoms. The van der Waals surface area contributed by atoms with E-state index in [1.54, 1.807) is 19.1 Å². The van der Waals surface area contributed by atoms with Crippen molar-refractivity contribution in [2.24, 2.45) is 0 Å². The Morgan fingerprint density at radius 2 is 2.05 bits per heavy atom. The van der Waals surface area contributed by atoms with Crippen molar-refractivity contribution >= 4 is 11.9 Å². The molecule has 3 rings (SSSR count). The Hall–Kier alpha value is -2.63. The van der Waals surface area contributed by atoms with E-state index in [9.17, 15) is 14.7 Å². The highest BCUT2D eigenvalue weighted by Gasteiger charge is 2.48. The number of aromatic nitrogens is 1. The van der Waals surface area contributed by atoms with Crippen LogP contribution in [-0.4, -0.2) is 40.0 Å². The van der Waals surface area contributed by atoms with Crippen molar-refractivity contribution in [3.8, 4) is 0 Å². The Morgan fingerprint density at radius 3 is 2.64 bits per heavy atom. The molecule has 1 aromatic carbocycles. The predicted octanol–water partition coefficient (Wildman–Crippen LogP) is 1.85. The fourth-order valence-electron chi connectivity index (χ4n) is 2.93. The number of amides is 1. The Balaban J connectivity index is 1.90. The van der Waals surface area contributed by atoms with Crippen LogP contribution >= 0.6 is 0 Å². The van der Waals surface area contributed by atoms with Gasteiger partial charge in [0.2, 0.25) is 0 Å². The van der Waals surface area contributed by atoms with E-state index in [-0.39, 0.29) is 18.1 Å².